The predicted octanol–water partition coefficient (Wildman–Crippen LogP) is -1.55. The van der Waals surface area contributed by atoms with Crippen LogP contribution in [0.1, 0.15) is 0 Å². The van der Waals surface area contributed by atoms with E-state index in [2.05, 4.69) is 9.89 Å². The standard InChI is InChI=1S/C14H22N5O4.ClH/c1-16-12-11(13(21)17(2)14(16)22)19(9-15-12)8-10(20)7-18-3-5-23-6-4-18;/h9-11,20H,3-8H2,1-2H3;1H/q+1;. The molecule has 0 aromatic rings. The van der Waals surface area contributed by atoms with Crippen LogP contribution in [-0.4, -0.2) is 114 Å². The summed E-state index contributed by atoms with van der Waals surface area (Å²) in [4.78, 5) is 33.1. The first-order valence-corrected chi connectivity index (χ1v) is 7.69. The minimum Gasteiger partial charge on any atom is -0.388 e. The Kier molecular flexibility index (Phi) is 5.92. The predicted molar refractivity (Wildman–Crippen MR) is 88.9 cm³/mol. The number of hydrogen-bond donors (Lipinski definition) is 1. The van der Waals surface area contributed by atoms with Crippen molar-refractivity contribution < 1.29 is 24.0 Å². The van der Waals surface area contributed by atoms with Gasteiger partial charge in [0.15, 0.2) is 0 Å². The molecular formula is C14H23ClN5O4+. The van der Waals surface area contributed by atoms with Gasteiger partial charge in [0.25, 0.3) is 24.1 Å². The van der Waals surface area contributed by atoms with Gasteiger partial charge in [-0.25, -0.2) is 9.37 Å². The number of carbonyl (C=O) groups excluding carboxylic acids is 2. The summed E-state index contributed by atoms with van der Waals surface area (Å²) >= 11 is 0. The molecule has 24 heavy (non-hydrogen) atoms. The minimum absolute atomic E-state index is 0. The van der Waals surface area contributed by atoms with Crippen LogP contribution in [0.2, 0.25) is 0 Å². The van der Waals surface area contributed by atoms with Gasteiger partial charge in [-0.05, 0) is 4.99 Å². The van der Waals surface area contributed by atoms with E-state index in [-0.39, 0.29) is 24.9 Å². The maximum atomic E-state index is 12.4. The highest BCUT2D eigenvalue weighted by molar-refractivity contribution is 6.21. The lowest BCUT2D eigenvalue weighted by Gasteiger charge is -2.32. The highest BCUT2D eigenvalue weighted by atomic mass is 35.5. The number of hydrogen-bond acceptors (Lipinski definition) is 6. The first-order valence-electron chi connectivity index (χ1n) is 7.69. The number of rotatable bonds is 4. The molecule has 3 aliphatic heterocycles. The second kappa shape index (κ2) is 7.56. The van der Waals surface area contributed by atoms with Crippen molar-refractivity contribution in [1.29, 1.82) is 0 Å². The molecule has 2 atom stereocenters. The highest BCUT2D eigenvalue weighted by Gasteiger charge is 2.50. The zero-order valence-electron chi connectivity index (χ0n) is 13.8. The van der Waals surface area contributed by atoms with Gasteiger partial charge in [-0.2, -0.15) is 0 Å². The number of nitrogens with zero attached hydrogens (tertiary/aromatic N) is 5. The molecule has 0 saturated carbocycles. The zero-order chi connectivity index (χ0) is 16.6. The lowest BCUT2D eigenvalue weighted by molar-refractivity contribution is -0.539. The van der Waals surface area contributed by atoms with Gasteiger partial charge in [-0.3, -0.25) is 19.5 Å². The summed E-state index contributed by atoms with van der Waals surface area (Å²) in [5.74, 6) is 0.0934. The Bertz CT molecular complexity index is 576. The van der Waals surface area contributed by atoms with E-state index < -0.39 is 18.2 Å². The number of β-amino-alcohol motifs (C(OH)–C–C–N with tert-alkyl or cyclic N) is 1. The summed E-state index contributed by atoms with van der Waals surface area (Å²) in [5, 5.41) is 10.3. The van der Waals surface area contributed by atoms with Crippen LogP contribution >= 0.6 is 12.4 Å². The first-order chi connectivity index (χ1) is 11.0. The Morgan fingerprint density at radius 2 is 2.00 bits per heavy atom. The number of likely N-dealkylation sites (N-methyl/N-ethyl adjacent to an activating group) is 2. The first kappa shape index (κ1) is 18.8. The summed E-state index contributed by atoms with van der Waals surface area (Å²) in [6.07, 6.45) is 0.920. The molecule has 0 aromatic heterocycles. The monoisotopic (exact) mass is 360 g/mol. The fourth-order valence-electron chi connectivity index (χ4n) is 3.08. The number of halogens is 1. The lowest BCUT2D eigenvalue weighted by atomic mass is 10.1. The van der Waals surface area contributed by atoms with Crippen molar-refractivity contribution in [2.24, 2.45) is 4.99 Å². The van der Waals surface area contributed by atoms with E-state index in [1.165, 1.54) is 18.3 Å². The number of aliphatic imine (C=N–C) groups is 1. The normalized spacial score (nSPS) is 25.9. The molecule has 3 amide bonds. The van der Waals surface area contributed by atoms with Gasteiger partial charge in [0.2, 0.25) is 0 Å². The Balaban J connectivity index is 0.00000208. The van der Waals surface area contributed by atoms with E-state index in [0.29, 0.717) is 25.6 Å². The largest absolute Gasteiger partial charge is 0.388 e. The molecule has 2 fully saturated rings. The van der Waals surface area contributed by atoms with Crippen molar-refractivity contribution in [3.05, 3.63) is 0 Å². The minimum atomic E-state index is -0.637. The summed E-state index contributed by atoms with van der Waals surface area (Å²) < 4.78 is 6.98. The molecule has 9 nitrogen and oxygen atoms in total. The number of carbonyl (C=O) groups is 2. The molecule has 1 N–H and O–H groups in total. The average molecular weight is 361 g/mol. The topological polar surface area (TPSA) is 88.7 Å². The fourth-order valence-corrected chi connectivity index (χ4v) is 3.08. The number of amides is 3. The molecule has 2 saturated heterocycles. The average Bonchev–Trinajstić information content (AvgIpc) is 2.95. The van der Waals surface area contributed by atoms with Gasteiger partial charge in [-0.15, -0.1) is 12.4 Å². The van der Waals surface area contributed by atoms with Crippen molar-refractivity contribution in [1.82, 2.24) is 14.7 Å². The van der Waals surface area contributed by atoms with Gasteiger partial charge in [0, 0.05) is 33.7 Å². The summed E-state index contributed by atoms with van der Waals surface area (Å²) in [6, 6.07) is -1.03. The van der Waals surface area contributed by atoms with E-state index in [1.54, 1.807) is 11.6 Å². The second-order valence-electron chi connectivity index (χ2n) is 6.01. The maximum absolute atomic E-state index is 12.4. The van der Waals surface area contributed by atoms with E-state index >= 15 is 0 Å². The SMILES string of the molecule is CN1C(=O)C2C(=NC=[N+]2CC(O)CN2CCOCC2)N(C)C1=O.Cl. The maximum Gasteiger partial charge on any atom is 0.333 e. The molecule has 134 valence electrons. The molecule has 3 heterocycles. The number of amidine groups is 1. The third kappa shape index (κ3) is 3.44. The third-order valence-electron chi connectivity index (χ3n) is 4.39. The van der Waals surface area contributed by atoms with E-state index in [9.17, 15) is 14.7 Å². The molecule has 3 rings (SSSR count). The van der Waals surface area contributed by atoms with Crippen molar-refractivity contribution in [2.75, 3.05) is 53.5 Å². The van der Waals surface area contributed by atoms with Crippen molar-refractivity contribution in [3.63, 3.8) is 0 Å². The molecule has 0 radical (unpaired) electrons. The quantitative estimate of drug-likeness (QED) is 0.613. The van der Waals surface area contributed by atoms with Gasteiger partial charge >= 0.3 is 6.03 Å². The molecule has 0 spiro atoms. The Labute approximate surface area is 146 Å². The number of aliphatic hydroxyl groups is 1. The Morgan fingerprint density at radius 1 is 1.33 bits per heavy atom. The number of urea groups is 1. The molecule has 2 unspecified atom stereocenters. The molecule has 0 aliphatic carbocycles. The molecule has 0 aromatic carbocycles. The van der Waals surface area contributed by atoms with Crippen LogP contribution in [0, 0.1) is 0 Å². The number of morpholine rings is 1. The van der Waals surface area contributed by atoms with Crippen LogP contribution in [0.15, 0.2) is 4.99 Å². The van der Waals surface area contributed by atoms with Gasteiger partial charge in [0.05, 0.1) is 13.2 Å². The third-order valence-corrected chi connectivity index (χ3v) is 4.39. The highest BCUT2D eigenvalue weighted by Crippen LogP contribution is 2.17. The van der Waals surface area contributed by atoms with Crippen LogP contribution in [-0.2, 0) is 9.53 Å². The summed E-state index contributed by atoms with van der Waals surface area (Å²) in [7, 11) is 3.05. The van der Waals surface area contributed by atoms with Crippen LogP contribution in [0.25, 0.3) is 0 Å². The van der Waals surface area contributed by atoms with Crippen LogP contribution < -0.4 is 0 Å². The molecule has 0 bridgehead atoms. The number of fused-ring (bicyclic) bond motifs is 1. The van der Waals surface area contributed by atoms with Crippen LogP contribution in [0.4, 0.5) is 4.79 Å². The van der Waals surface area contributed by atoms with E-state index in [0.717, 1.165) is 18.0 Å². The molecule has 10 heteroatoms. The van der Waals surface area contributed by atoms with Crippen molar-refractivity contribution in [3.8, 4) is 0 Å². The fraction of sp³-hybridized carbons (Fsp3) is 0.714. The Hall–Kier alpha value is -1.55. The van der Waals surface area contributed by atoms with E-state index in [4.69, 9.17) is 4.74 Å². The van der Waals surface area contributed by atoms with E-state index in [1.807, 2.05) is 0 Å². The van der Waals surface area contributed by atoms with Crippen LogP contribution in [0.5, 0.6) is 0 Å². The zero-order valence-corrected chi connectivity index (χ0v) is 14.6. The van der Waals surface area contributed by atoms with Crippen molar-refractivity contribution >= 4 is 36.5 Å². The number of imide groups is 1. The van der Waals surface area contributed by atoms with Crippen molar-refractivity contribution in [2.45, 2.75) is 12.1 Å². The van der Waals surface area contributed by atoms with Gasteiger partial charge < -0.3 is 9.84 Å². The summed E-state index contributed by atoms with van der Waals surface area (Å²) in [6.45, 7) is 3.75. The second-order valence-corrected chi connectivity index (χ2v) is 6.01. The van der Waals surface area contributed by atoms with Crippen LogP contribution in [0.3, 0.4) is 0 Å². The molecule has 3 aliphatic rings. The molecular weight excluding hydrogens is 338 g/mol. The Morgan fingerprint density at radius 3 is 2.67 bits per heavy atom. The smallest absolute Gasteiger partial charge is 0.333 e. The van der Waals surface area contributed by atoms with Gasteiger partial charge in [-0.1, -0.05) is 0 Å². The lowest BCUT2D eigenvalue weighted by Crippen LogP contribution is -2.62. The number of ether oxygens (including phenoxy) is 1. The van der Waals surface area contributed by atoms with Gasteiger partial charge in [0.1, 0.15) is 12.6 Å². The number of aliphatic hydroxyl groups excluding tert-OH is 1. The summed E-state index contributed by atoms with van der Waals surface area (Å²) in [5.41, 5.74) is 0.